The average molecular weight is 270 g/mol. The lowest BCUT2D eigenvalue weighted by Gasteiger charge is -2.29. The summed E-state index contributed by atoms with van der Waals surface area (Å²) in [5.74, 6) is 2.23. The van der Waals surface area contributed by atoms with Crippen LogP contribution in [0.5, 0.6) is 0 Å². The topological polar surface area (TPSA) is 18.5 Å². The summed E-state index contributed by atoms with van der Waals surface area (Å²) in [6.45, 7) is 14.8. The summed E-state index contributed by atoms with van der Waals surface area (Å²) in [6.07, 6.45) is 5.28. The van der Waals surface area contributed by atoms with Gasteiger partial charge in [0.05, 0.1) is 6.61 Å². The minimum atomic E-state index is 0.294. The Bertz CT molecular complexity index is 222. The van der Waals surface area contributed by atoms with Gasteiger partial charge in [0.15, 0.2) is 0 Å². The van der Waals surface area contributed by atoms with E-state index in [1.165, 1.54) is 25.7 Å². The lowest BCUT2D eigenvalue weighted by molar-refractivity contribution is 0.0216. The maximum absolute atomic E-state index is 5.85. The Labute approximate surface area is 120 Å². The Morgan fingerprint density at radius 3 is 1.79 bits per heavy atom. The molecule has 0 atom stereocenters. The Balaban J connectivity index is 2.05. The SMILES string of the molecule is CC(C)COCC1CCC(COCC(C)(C)C)CC1. The van der Waals surface area contributed by atoms with Crippen LogP contribution < -0.4 is 0 Å². The highest BCUT2D eigenvalue weighted by Crippen LogP contribution is 2.29. The maximum atomic E-state index is 5.85. The highest BCUT2D eigenvalue weighted by molar-refractivity contribution is 4.72. The van der Waals surface area contributed by atoms with Gasteiger partial charge in [-0.1, -0.05) is 34.6 Å². The van der Waals surface area contributed by atoms with Crippen molar-refractivity contribution in [2.75, 3.05) is 26.4 Å². The molecule has 1 rings (SSSR count). The zero-order chi connectivity index (χ0) is 14.3. The molecule has 0 aromatic carbocycles. The maximum Gasteiger partial charge on any atom is 0.0514 e. The zero-order valence-electron chi connectivity index (χ0n) is 13.7. The van der Waals surface area contributed by atoms with Gasteiger partial charge in [-0.15, -0.1) is 0 Å². The fourth-order valence-electron chi connectivity index (χ4n) is 2.57. The van der Waals surface area contributed by atoms with Crippen molar-refractivity contribution in [1.29, 1.82) is 0 Å². The van der Waals surface area contributed by atoms with Crippen LogP contribution >= 0.6 is 0 Å². The Morgan fingerprint density at radius 2 is 1.37 bits per heavy atom. The molecule has 0 aliphatic heterocycles. The van der Waals surface area contributed by atoms with Gasteiger partial charge in [0, 0.05) is 19.8 Å². The second kappa shape index (κ2) is 8.26. The molecular formula is C17H34O2. The predicted molar refractivity (Wildman–Crippen MR) is 81.4 cm³/mol. The summed E-state index contributed by atoms with van der Waals surface area (Å²) >= 11 is 0. The smallest absolute Gasteiger partial charge is 0.0514 e. The largest absolute Gasteiger partial charge is 0.381 e. The van der Waals surface area contributed by atoms with E-state index in [0.29, 0.717) is 11.3 Å². The summed E-state index contributed by atoms with van der Waals surface area (Å²) < 4.78 is 11.6. The van der Waals surface area contributed by atoms with E-state index in [9.17, 15) is 0 Å². The van der Waals surface area contributed by atoms with Gasteiger partial charge >= 0.3 is 0 Å². The quantitative estimate of drug-likeness (QED) is 0.677. The first-order valence-electron chi connectivity index (χ1n) is 8.02. The third-order valence-electron chi connectivity index (χ3n) is 3.66. The minimum Gasteiger partial charge on any atom is -0.381 e. The molecule has 0 aromatic rings. The first-order chi connectivity index (χ1) is 8.87. The molecule has 114 valence electrons. The summed E-state index contributed by atoms with van der Waals surface area (Å²) in [4.78, 5) is 0. The summed E-state index contributed by atoms with van der Waals surface area (Å²) in [5, 5.41) is 0. The van der Waals surface area contributed by atoms with E-state index >= 15 is 0 Å². The first kappa shape index (κ1) is 17.0. The molecule has 2 heteroatoms. The first-order valence-corrected chi connectivity index (χ1v) is 8.02. The summed E-state index contributed by atoms with van der Waals surface area (Å²) in [7, 11) is 0. The molecular weight excluding hydrogens is 236 g/mol. The van der Waals surface area contributed by atoms with Crippen molar-refractivity contribution >= 4 is 0 Å². The summed E-state index contributed by atoms with van der Waals surface area (Å²) in [6, 6.07) is 0. The van der Waals surface area contributed by atoms with Crippen LogP contribution in [-0.2, 0) is 9.47 Å². The number of rotatable bonds is 7. The van der Waals surface area contributed by atoms with Crippen LogP contribution in [0.25, 0.3) is 0 Å². The van der Waals surface area contributed by atoms with Gasteiger partial charge in [0.2, 0.25) is 0 Å². The van der Waals surface area contributed by atoms with Crippen LogP contribution in [0.4, 0.5) is 0 Å². The molecule has 0 bridgehead atoms. The van der Waals surface area contributed by atoms with Gasteiger partial charge in [0.1, 0.15) is 0 Å². The molecule has 0 amide bonds. The lowest BCUT2D eigenvalue weighted by Crippen LogP contribution is -2.24. The van der Waals surface area contributed by atoms with E-state index in [0.717, 1.165) is 38.3 Å². The van der Waals surface area contributed by atoms with Crippen LogP contribution in [0, 0.1) is 23.2 Å². The van der Waals surface area contributed by atoms with Crippen molar-refractivity contribution in [2.45, 2.75) is 60.3 Å². The van der Waals surface area contributed by atoms with Crippen LogP contribution in [0.3, 0.4) is 0 Å². The molecule has 0 aromatic heterocycles. The monoisotopic (exact) mass is 270 g/mol. The molecule has 2 nitrogen and oxygen atoms in total. The zero-order valence-corrected chi connectivity index (χ0v) is 13.7. The van der Waals surface area contributed by atoms with Gasteiger partial charge < -0.3 is 9.47 Å². The number of hydrogen-bond acceptors (Lipinski definition) is 2. The third kappa shape index (κ3) is 8.65. The van der Waals surface area contributed by atoms with Crippen LogP contribution in [-0.4, -0.2) is 26.4 Å². The van der Waals surface area contributed by atoms with Crippen molar-refractivity contribution in [2.24, 2.45) is 23.2 Å². The molecule has 19 heavy (non-hydrogen) atoms. The Hall–Kier alpha value is -0.0800. The molecule has 1 fully saturated rings. The minimum absolute atomic E-state index is 0.294. The molecule has 0 spiro atoms. The molecule has 0 N–H and O–H groups in total. The molecule has 0 radical (unpaired) electrons. The van der Waals surface area contributed by atoms with Crippen LogP contribution in [0.1, 0.15) is 60.3 Å². The van der Waals surface area contributed by atoms with Gasteiger partial charge in [-0.2, -0.15) is 0 Å². The molecule has 1 saturated carbocycles. The average Bonchev–Trinajstić information content (AvgIpc) is 2.29. The van der Waals surface area contributed by atoms with Crippen molar-refractivity contribution in [1.82, 2.24) is 0 Å². The third-order valence-corrected chi connectivity index (χ3v) is 3.66. The van der Waals surface area contributed by atoms with E-state index in [4.69, 9.17) is 9.47 Å². The highest BCUT2D eigenvalue weighted by atomic mass is 16.5. The Morgan fingerprint density at radius 1 is 0.895 bits per heavy atom. The summed E-state index contributed by atoms with van der Waals surface area (Å²) in [5.41, 5.74) is 0.294. The van der Waals surface area contributed by atoms with Crippen LogP contribution in [0.15, 0.2) is 0 Å². The fourth-order valence-corrected chi connectivity index (χ4v) is 2.57. The van der Waals surface area contributed by atoms with Crippen molar-refractivity contribution in [3.8, 4) is 0 Å². The second-order valence-corrected chi connectivity index (χ2v) is 7.89. The lowest BCUT2D eigenvalue weighted by atomic mass is 9.83. The molecule has 0 unspecified atom stereocenters. The second-order valence-electron chi connectivity index (χ2n) is 7.89. The van der Waals surface area contributed by atoms with Crippen molar-refractivity contribution in [3.63, 3.8) is 0 Å². The van der Waals surface area contributed by atoms with E-state index in [1.54, 1.807) is 0 Å². The molecule has 0 heterocycles. The molecule has 1 aliphatic rings. The normalized spacial score (nSPS) is 24.9. The van der Waals surface area contributed by atoms with Gasteiger partial charge in [0.25, 0.3) is 0 Å². The Kier molecular flexibility index (Phi) is 7.38. The number of ether oxygens (including phenoxy) is 2. The van der Waals surface area contributed by atoms with Gasteiger partial charge in [-0.25, -0.2) is 0 Å². The van der Waals surface area contributed by atoms with Gasteiger partial charge in [-0.05, 0) is 48.9 Å². The predicted octanol–water partition coefficient (Wildman–Crippen LogP) is 4.53. The number of hydrogen-bond donors (Lipinski definition) is 0. The fraction of sp³-hybridized carbons (Fsp3) is 1.00. The molecule has 1 aliphatic carbocycles. The van der Waals surface area contributed by atoms with E-state index in [1.807, 2.05) is 0 Å². The molecule has 0 saturated heterocycles. The van der Waals surface area contributed by atoms with E-state index in [-0.39, 0.29) is 0 Å². The standard InChI is InChI=1S/C17H34O2/c1-14(2)10-18-11-15-6-8-16(9-7-15)12-19-13-17(3,4)5/h14-16H,6-13H2,1-5H3. The highest BCUT2D eigenvalue weighted by Gasteiger charge is 2.22. The van der Waals surface area contributed by atoms with Crippen molar-refractivity contribution < 1.29 is 9.47 Å². The van der Waals surface area contributed by atoms with Crippen molar-refractivity contribution in [3.05, 3.63) is 0 Å². The van der Waals surface area contributed by atoms with Crippen LogP contribution in [0.2, 0.25) is 0 Å². The van der Waals surface area contributed by atoms with E-state index < -0.39 is 0 Å². The van der Waals surface area contributed by atoms with Gasteiger partial charge in [-0.3, -0.25) is 0 Å². The van der Waals surface area contributed by atoms with E-state index in [2.05, 4.69) is 34.6 Å².